The number of nitrogens with one attached hydrogen (secondary N) is 1. The first kappa shape index (κ1) is 22.7. The Kier molecular flexibility index (Phi) is 9.00. The number of hydrogen-bond donors (Lipinski definition) is 1. The summed E-state index contributed by atoms with van der Waals surface area (Å²) in [4.78, 5) is 21.5. The summed E-state index contributed by atoms with van der Waals surface area (Å²) >= 11 is 0. The minimum atomic E-state index is -2.61. The summed E-state index contributed by atoms with van der Waals surface area (Å²) in [6.07, 6.45) is 7.93. The first-order valence-electron chi connectivity index (χ1n) is 9.09. The lowest BCUT2D eigenvalue weighted by molar-refractivity contribution is 0.576. The Morgan fingerprint density at radius 1 is 1.26 bits per heavy atom. The van der Waals surface area contributed by atoms with Gasteiger partial charge in [0.1, 0.15) is 5.82 Å². The maximum atomic E-state index is 12.3. The number of aromatic nitrogens is 3. The van der Waals surface area contributed by atoms with Gasteiger partial charge in [0.25, 0.3) is 5.56 Å². The van der Waals surface area contributed by atoms with Gasteiger partial charge in [0, 0.05) is 36.0 Å². The summed E-state index contributed by atoms with van der Waals surface area (Å²) in [6, 6.07) is 2.09. The molecule has 0 saturated heterocycles. The van der Waals surface area contributed by atoms with Gasteiger partial charge in [-0.3, -0.25) is 4.79 Å². The highest BCUT2D eigenvalue weighted by Gasteiger charge is 2.13. The molecular weight excluding hydrogens is 364 g/mol. The summed E-state index contributed by atoms with van der Waals surface area (Å²) in [5, 5.41) is 0. The molecular formula is C19H28N4O3S. The quantitative estimate of drug-likeness (QED) is 0.806. The van der Waals surface area contributed by atoms with Gasteiger partial charge in [0.05, 0.1) is 5.69 Å². The minimum Gasteiger partial charge on any atom is -0.312 e. The van der Waals surface area contributed by atoms with E-state index >= 15 is 0 Å². The van der Waals surface area contributed by atoms with Crippen molar-refractivity contribution >= 4 is 10.5 Å². The first-order chi connectivity index (χ1) is 12.7. The van der Waals surface area contributed by atoms with E-state index in [1.54, 1.807) is 4.57 Å². The van der Waals surface area contributed by atoms with Crippen molar-refractivity contribution in [1.29, 1.82) is 4.78 Å². The number of nitrogens with zero attached hydrogens (tertiary/aromatic N) is 3. The van der Waals surface area contributed by atoms with Crippen LogP contribution in [0.15, 0.2) is 23.3 Å². The zero-order valence-corrected chi connectivity index (χ0v) is 17.4. The molecule has 8 heteroatoms. The smallest absolute Gasteiger partial charge is 0.308 e. The van der Waals surface area contributed by atoms with Gasteiger partial charge >= 0.3 is 10.5 Å². The van der Waals surface area contributed by atoms with Crippen molar-refractivity contribution in [2.24, 2.45) is 0 Å². The number of hydrogen-bond acceptors (Lipinski definition) is 6. The van der Waals surface area contributed by atoms with Crippen LogP contribution >= 0.6 is 0 Å². The maximum Gasteiger partial charge on any atom is 0.308 e. The van der Waals surface area contributed by atoms with Crippen LogP contribution in [0.4, 0.5) is 0 Å². The molecule has 2 aromatic rings. The highest BCUT2D eigenvalue weighted by atomic mass is 32.2. The molecule has 148 valence electrons. The Morgan fingerprint density at radius 3 is 2.41 bits per heavy atom. The molecule has 0 amide bonds. The Hall–Kier alpha value is -2.35. The number of unbranched alkanes of at least 4 members (excludes halogenated alkanes) is 1. The molecule has 2 aromatic heterocycles. The van der Waals surface area contributed by atoms with Crippen molar-refractivity contribution < 1.29 is 8.42 Å². The van der Waals surface area contributed by atoms with E-state index in [-0.39, 0.29) is 11.6 Å². The van der Waals surface area contributed by atoms with Gasteiger partial charge in [0.15, 0.2) is 0 Å². The van der Waals surface area contributed by atoms with Crippen LogP contribution in [0.5, 0.6) is 0 Å². The van der Waals surface area contributed by atoms with Crippen molar-refractivity contribution in [2.45, 2.75) is 66.3 Å². The van der Waals surface area contributed by atoms with E-state index in [4.69, 9.17) is 18.2 Å². The third-order valence-corrected chi connectivity index (χ3v) is 4.08. The van der Waals surface area contributed by atoms with Crippen LogP contribution in [0, 0.1) is 11.7 Å². The van der Waals surface area contributed by atoms with Crippen LogP contribution in [-0.4, -0.2) is 23.0 Å². The fraction of sp³-hybridized carbons (Fsp3) is 0.526. The predicted octanol–water partition coefficient (Wildman–Crippen LogP) is 3.73. The summed E-state index contributed by atoms with van der Waals surface area (Å²) in [5.74, 6) is 0.847. The van der Waals surface area contributed by atoms with Crippen molar-refractivity contribution in [1.82, 2.24) is 14.5 Å². The van der Waals surface area contributed by atoms with Crippen LogP contribution in [-0.2, 0) is 23.3 Å². The Bertz CT molecular complexity index is 928. The first-order valence-corrected chi connectivity index (χ1v) is 10.2. The summed E-state index contributed by atoms with van der Waals surface area (Å²) in [7, 11) is -2.61. The maximum absolute atomic E-state index is 12.3. The molecule has 27 heavy (non-hydrogen) atoms. The SMILES string of the molecule is CCCCc1cnc(CC)nc1-c1cc(C)c(=O)n(C(C)C)c1.N=S(=O)=O. The predicted molar refractivity (Wildman–Crippen MR) is 106 cm³/mol. The minimum absolute atomic E-state index is 0.0728. The average Bonchev–Trinajstić information content (AvgIpc) is 2.61. The zero-order valence-electron chi connectivity index (χ0n) is 16.6. The molecule has 0 radical (unpaired) electrons. The van der Waals surface area contributed by atoms with Gasteiger partial charge in [0.2, 0.25) is 0 Å². The van der Waals surface area contributed by atoms with Crippen molar-refractivity contribution in [3.8, 4) is 11.3 Å². The van der Waals surface area contributed by atoms with E-state index in [1.807, 2.05) is 39.2 Å². The standard InChI is InChI=1S/C19H27N3O.HNO2S/c1-6-8-9-15-11-20-17(7-2)21-18(15)16-10-14(5)19(23)22(12-16)13(3)4;1-4(2)3/h10-13H,6-9H2,1-5H3;1H. The molecule has 0 aromatic carbocycles. The average molecular weight is 393 g/mol. The lowest BCUT2D eigenvalue weighted by atomic mass is 10.0. The van der Waals surface area contributed by atoms with E-state index in [2.05, 4.69) is 18.8 Å². The molecule has 0 fully saturated rings. The van der Waals surface area contributed by atoms with Crippen LogP contribution in [0.2, 0.25) is 0 Å². The topological polar surface area (TPSA) is 106 Å². The van der Waals surface area contributed by atoms with E-state index in [0.29, 0.717) is 0 Å². The van der Waals surface area contributed by atoms with E-state index in [1.165, 1.54) is 0 Å². The highest BCUT2D eigenvalue weighted by Crippen LogP contribution is 2.23. The molecule has 7 nitrogen and oxygen atoms in total. The monoisotopic (exact) mass is 392 g/mol. The van der Waals surface area contributed by atoms with Crippen molar-refractivity contribution in [3.63, 3.8) is 0 Å². The fourth-order valence-electron chi connectivity index (χ4n) is 2.67. The molecule has 2 heterocycles. The molecule has 0 unspecified atom stereocenters. The molecule has 1 N–H and O–H groups in total. The molecule has 0 aliphatic heterocycles. The number of aryl methyl sites for hydroxylation is 3. The summed E-state index contributed by atoms with van der Waals surface area (Å²) in [5.41, 5.74) is 3.98. The van der Waals surface area contributed by atoms with Gasteiger partial charge in [-0.15, -0.1) is 0 Å². The van der Waals surface area contributed by atoms with Gasteiger partial charge < -0.3 is 4.57 Å². The fourth-order valence-corrected chi connectivity index (χ4v) is 2.67. The number of pyridine rings is 1. The largest absolute Gasteiger partial charge is 0.312 e. The molecule has 0 bridgehead atoms. The van der Waals surface area contributed by atoms with Crippen LogP contribution < -0.4 is 5.56 Å². The van der Waals surface area contributed by atoms with Crippen molar-refractivity contribution in [2.75, 3.05) is 0 Å². The second-order valence-corrected chi connectivity index (χ2v) is 7.04. The molecule has 0 aliphatic carbocycles. The molecule has 0 aliphatic rings. The third kappa shape index (κ3) is 6.71. The van der Waals surface area contributed by atoms with Gasteiger partial charge in [-0.25, -0.2) is 9.97 Å². The summed E-state index contributed by atoms with van der Waals surface area (Å²) < 4.78 is 24.6. The van der Waals surface area contributed by atoms with E-state index < -0.39 is 10.5 Å². The van der Waals surface area contributed by atoms with E-state index in [0.717, 1.165) is 53.9 Å². The van der Waals surface area contributed by atoms with Gasteiger partial charge in [-0.05, 0) is 45.2 Å². The normalized spacial score (nSPS) is 10.4. The summed E-state index contributed by atoms with van der Waals surface area (Å²) in [6.45, 7) is 10.2. The number of rotatable bonds is 6. The van der Waals surface area contributed by atoms with Gasteiger partial charge in [-0.1, -0.05) is 20.3 Å². The van der Waals surface area contributed by atoms with Crippen molar-refractivity contribution in [3.05, 3.63) is 45.8 Å². The molecule has 0 atom stereocenters. The Labute approximate surface area is 162 Å². The lowest BCUT2D eigenvalue weighted by Gasteiger charge is -2.15. The molecule has 0 saturated carbocycles. The third-order valence-electron chi connectivity index (χ3n) is 4.08. The second-order valence-electron chi connectivity index (χ2n) is 6.57. The lowest BCUT2D eigenvalue weighted by Crippen LogP contribution is -2.23. The van der Waals surface area contributed by atoms with E-state index in [9.17, 15) is 4.79 Å². The van der Waals surface area contributed by atoms with Crippen LogP contribution in [0.3, 0.4) is 0 Å². The highest BCUT2D eigenvalue weighted by molar-refractivity contribution is 7.60. The second kappa shape index (κ2) is 10.7. The van der Waals surface area contributed by atoms with Crippen LogP contribution in [0.25, 0.3) is 11.3 Å². The van der Waals surface area contributed by atoms with Crippen LogP contribution in [0.1, 0.15) is 63.5 Å². The molecule has 0 spiro atoms. The van der Waals surface area contributed by atoms with Gasteiger partial charge in [-0.2, -0.15) is 13.2 Å². The Balaban J connectivity index is 0.000000828. The zero-order chi connectivity index (χ0) is 20.6. The molecule has 2 rings (SSSR count). The Morgan fingerprint density at radius 2 is 1.89 bits per heavy atom.